The Morgan fingerprint density at radius 1 is 1.33 bits per heavy atom. The second-order valence-electron chi connectivity index (χ2n) is 3.19. The summed E-state index contributed by atoms with van der Waals surface area (Å²) in [5, 5.41) is 0. The van der Waals surface area contributed by atoms with Crippen molar-refractivity contribution in [2.24, 2.45) is 0 Å². The number of ketones is 1. The van der Waals surface area contributed by atoms with Gasteiger partial charge in [-0.2, -0.15) is 0 Å². The molecule has 0 fully saturated rings. The lowest BCUT2D eigenvalue weighted by molar-refractivity contribution is -0.124. The van der Waals surface area contributed by atoms with Gasteiger partial charge in [-0.1, -0.05) is 6.92 Å². The number of Topliss-reactive ketones (excluding diaryl/α,β-unsaturated/α-hetero) is 1. The Bertz CT molecular complexity index is 343. The number of carbonyl (C=O) groups excluding carboxylic acids is 1. The fourth-order valence-corrected chi connectivity index (χ4v) is 1.15. The van der Waals surface area contributed by atoms with Crippen LogP contribution < -0.4 is 4.74 Å². The SMILES string of the molecule is CCC(=O)C(C)Oc1cc(F)cc(F)c1. The van der Waals surface area contributed by atoms with E-state index in [9.17, 15) is 13.6 Å². The van der Waals surface area contributed by atoms with Crippen molar-refractivity contribution < 1.29 is 18.3 Å². The molecule has 4 heteroatoms. The Balaban J connectivity index is 2.76. The van der Waals surface area contributed by atoms with Crippen LogP contribution in [0.4, 0.5) is 8.78 Å². The molecule has 0 saturated heterocycles. The lowest BCUT2D eigenvalue weighted by Gasteiger charge is -2.12. The molecule has 0 aliphatic carbocycles. The number of benzene rings is 1. The molecule has 0 heterocycles. The number of rotatable bonds is 4. The monoisotopic (exact) mass is 214 g/mol. The predicted octanol–water partition coefficient (Wildman–Crippen LogP) is 2.71. The lowest BCUT2D eigenvalue weighted by atomic mass is 10.2. The molecule has 2 nitrogen and oxygen atoms in total. The molecule has 15 heavy (non-hydrogen) atoms. The molecule has 0 spiro atoms. The number of hydrogen-bond donors (Lipinski definition) is 0. The Morgan fingerprint density at radius 3 is 2.33 bits per heavy atom. The normalized spacial score (nSPS) is 12.3. The van der Waals surface area contributed by atoms with Gasteiger partial charge in [0.2, 0.25) is 0 Å². The molecular weight excluding hydrogens is 202 g/mol. The molecule has 82 valence electrons. The fourth-order valence-electron chi connectivity index (χ4n) is 1.15. The van der Waals surface area contributed by atoms with Crippen LogP contribution in [0.3, 0.4) is 0 Å². The van der Waals surface area contributed by atoms with Crippen LogP contribution in [0.5, 0.6) is 5.75 Å². The summed E-state index contributed by atoms with van der Waals surface area (Å²) >= 11 is 0. The molecule has 0 aliphatic rings. The van der Waals surface area contributed by atoms with E-state index >= 15 is 0 Å². The van der Waals surface area contributed by atoms with E-state index in [0.717, 1.165) is 18.2 Å². The Labute approximate surface area is 86.9 Å². The van der Waals surface area contributed by atoms with E-state index in [1.807, 2.05) is 0 Å². The van der Waals surface area contributed by atoms with Crippen LogP contribution >= 0.6 is 0 Å². The molecule has 0 bridgehead atoms. The van der Waals surface area contributed by atoms with E-state index in [0.29, 0.717) is 6.42 Å². The van der Waals surface area contributed by atoms with E-state index in [1.54, 1.807) is 13.8 Å². The van der Waals surface area contributed by atoms with E-state index in [-0.39, 0.29) is 11.5 Å². The lowest BCUT2D eigenvalue weighted by Crippen LogP contribution is -2.22. The van der Waals surface area contributed by atoms with Crippen LogP contribution in [-0.4, -0.2) is 11.9 Å². The highest BCUT2D eigenvalue weighted by Gasteiger charge is 2.13. The van der Waals surface area contributed by atoms with Crippen molar-refractivity contribution in [1.29, 1.82) is 0 Å². The molecule has 0 saturated carbocycles. The molecule has 0 aliphatic heterocycles. The van der Waals surface area contributed by atoms with E-state index in [1.165, 1.54) is 0 Å². The zero-order chi connectivity index (χ0) is 11.4. The van der Waals surface area contributed by atoms with Gasteiger partial charge in [-0.3, -0.25) is 4.79 Å². The van der Waals surface area contributed by atoms with Gasteiger partial charge in [0.1, 0.15) is 17.4 Å². The van der Waals surface area contributed by atoms with E-state index in [4.69, 9.17) is 4.74 Å². The van der Waals surface area contributed by atoms with E-state index in [2.05, 4.69) is 0 Å². The first-order valence-electron chi connectivity index (χ1n) is 4.68. The van der Waals surface area contributed by atoms with Gasteiger partial charge in [0, 0.05) is 24.6 Å². The van der Waals surface area contributed by atoms with Gasteiger partial charge in [-0.25, -0.2) is 8.78 Å². The van der Waals surface area contributed by atoms with Gasteiger partial charge in [0.25, 0.3) is 0 Å². The van der Waals surface area contributed by atoms with Crippen LogP contribution in [-0.2, 0) is 4.79 Å². The second kappa shape index (κ2) is 4.87. The van der Waals surface area contributed by atoms with Gasteiger partial charge in [0.15, 0.2) is 11.9 Å². The minimum absolute atomic E-state index is 0.0294. The highest BCUT2D eigenvalue weighted by atomic mass is 19.1. The average molecular weight is 214 g/mol. The Hall–Kier alpha value is -1.45. The van der Waals surface area contributed by atoms with Crippen molar-refractivity contribution in [2.75, 3.05) is 0 Å². The summed E-state index contributed by atoms with van der Waals surface area (Å²) in [6.45, 7) is 3.25. The third kappa shape index (κ3) is 3.31. The topological polar surface area (TPSA) is 26.3 Å². The zero-order valence-electron chi connectivity index (χ0n) is 8.59. The van der Waals surface area contributed by atoms with Crippen LogP contribution in [0.15, 0.2) is 18.2 Å². The maximum absolute atomic E-state index is 12.8. The summed E-state index contributed by atoms with van der Waals surface area (Å²) in [6.07, 6.45) is -0.352. The van der Waals surface area contributed by atoms with Crippen molar-refractivity contribution in [3.05, 3.63) is 29.8 Å². The molecule has 1 atom stereocenters. The minimum atomic E-state index is -0.721. The van der Waals surface area contributed by atoms with Crippen molar-refractivity contribution in [2.45, 2.75) is 26.4 Å². The summed E-state index contributed by atoms with van der Waals surface area (Å²) < 4.78 is 30.6. The van der Waals surface area contributed by atoms with Crippen LogP contribution in [0, 0.1) is 11.6 Å². The highest BCUT2D eigenvalue weighted by molar-refractivity contribution is 5.82. The highest BCUT2D eigenvalue weighted by Crippen LogP contribution is 2.17. The predicted molar refractivity (Wildman–Crippen MR) is 51.7 cm³/mol. The summed E-state index contributed by atoms with van der Waals surface area (Å²) in [6, 6.07) is 2.84. The minimum Gasteiger partial charge on any atom is -0.483 e. The molecule has 1 unspecified atom stereocenters. The molecular formula is C11H12F2O2. The van der Waals surface area contributed by atoms with Crippen molar-refractivity contribution in [3.63, 3.8) is 0 Å². The summed E-state index contributed by atoms with van der Waals surface area (Å²) in [4.78, 5) is 11.2. The molecule has 1 aromatic carbocycles. The van der Waals surface area contributed by atoms with Crippen molar-refractivity contribution >= 4 is 5.78 Å². The first-order valence-corrected chi connectivity index (χ1v) is 4.68. The van der Waals surface area contributed by atoms with Gasteiger partial charge < -0.3 is 4.74 Å². The van der Waals surface area contributed by atoms with Gasteiger partial charge in [0.05, 0.1) is 0 Å². The number of ether oxygens (including phenoxy) is 1. The first kappa shape index (κ1) is 11.6. The summed E-state index contributed by atoms with van der Waals surface area (Å²) in [5.41, 5.74) is 0. The zero-order valence-corrected chi connectivity index (χ0v) is 8.59. The maximum atomic E-state index is 12.8. The Morgan fingerprint density at radius 2 is 1.87 bits per heavy atom. The Kier molecular flexibility index (Phi) is 3.77. The van der Waals surface area contributed by atoms with Gasteiger partial charge >= 0.3 is 0 Å². The van der Waals surface area contributed by atoms with Gasteiger partial charge in [-0.15, -0.1) is 0 Å². The maximum Gasteiger partial charge on any atom is 0.172 e. The largest absolute Gasteiger partial charge is 0.483 e. The number of halogens is 2. The standard InChI is InChI=1S/C11H12F2O2/c1-3-11(14)7(2)15-10-5-8(12)4-9(13)6-10/h4-7H,3H2,1-2H3. The van der Waals surface area contributed by atoms with Gasteiger partial charge in [-0.05, 0) is 6.92 Å². The van der Waals surface area contributed by atoms with E-state index < -0.39 is 17.7 Å². The van der Waals surface area contributed by atoms with Crippen molar-refractivity contribution in [3.8, 4) is 5.75 Å². The molecule has 0 amide bonds. The van der Waals surface area contributed by atoms with Crippen LogP contribution in [0.25, 0.3) is 0 Å². The summed E-state index contributed by atoms with van der Waals surface area (Å²) in [5.74, 6) is -1.52. The molecule has 0 radical (unpaired) electrons. The molecule has 1 rings (SSSR count). The third-order valence-electron chi connectivity index (χ3n) is 1.95. The van der Waals surface area contributed by atoms with Crippen LogP contribution in [0.1, 0.15) is 20.3 Å². The van der Waals surface area contributed by atoms with Crippen molar-refractivity contribution in [1.82, 2.24) is 0 Å². The summed E-state index contributed by atoms with van der Waals surface area (Å²) in [7, 11) is 0. The second-order valence-corrected chi connectivity index (χ2v) is 3.19. The number of hydrogen-bond acceptors (Lipinski definition) is 2. The smallest absolute Gasteiger partial charge is 0.172 e. The average Bonchev–Trinajstić information content (AvgIpc) is 2.14. The number of carbonyl (C=O) groups is 1. The molecule has 0 N–H and O–H groups in total. The van der Waals surface area contributed by atoms with Crippen LogP contribution in [0.2, 0.25) is 0 Å². The third-order valence-corrected chi connectivity index (χ3v) is 1.95. The molecule has 1 aromatic rings. The quantitative estimate of drug-likeness (QED) is 0.770. The fraction of sp³-hybridized carbons (Fsp3) is 0.364. The molecule has 0 aromatic heterocycles. The first-order chi connectivity index (χ1) is 7.02.